The fraction of sp³-hybridized carbons (Fsp3) is 0.483. The summed E-state index contributed by atoms with van der Waals surface area (Å²) in [6.07, 6.45) is 3.40. The summed E-state index contributed by atoms with van der Waals surface area (Å²) in [5, 5.41) is 13.5. The smallest absolute Gasteiger partial charge is 0.156 e. The second kappa shape index (κ2) is 10.8. The van der Waals surface area contributed by atoms with Gasteiger partial charge in [-0.3, -0.25) is 4.90 Å². The van der Waals surface area contributed by atoms with Gasteiger partial charge < -0.3 is 15.5 Å². The largest absolute Gasteiger partial charge is 0.380 e. The van der Waals surface area contributed by atoms with Crippen LogP contribution in [0.5, 0.6) is 0 Å². The Kier molecular flexibility index (Phi) is 7.55. The quantitative estimate of drug-likeness (QED) is 0.397. The second-order valence-electron chi connectivity index (χ2n) is 10.9. The SMILES string of the molecule is C=C(C)N1CCC(Nc2cccc3c(NCC(C)CN4CCc5ccc(C)cc5C4)nn(P)c23)CC1. The Morgan fingerprint density at radius 2 is 1.97 bits per heavy atom. The number of hydrogen-bond donors (Lipinski definition) is 2. The van der Waals surface area contributed by atoms with Gasteiger partial charge in [0.25, 0.3) is 0 Å². The molecule has 2 unspecified atom stereocenters. The molecule has 0 radical (unpaired) electrons. The Morgan fingerprint density at radius 3 is 2.75 bits per heavy atom. The van der Waals surface area contributed by atoms with Crippen LogP contribution in [0.1, 0.15) is 43.4 Å². The summed E-state index contributed by atoms with van der Waals surface area (Å²) >= 11 is 0. The lowest BCUT2D eigenvalue weighted by Crippen LogP contribution is -2.37. The fourth-order valence-corrected chi connectivity index (χ4v) is 6.14. The predicted octanol–water partition coefficient (Wildman–Crippen LogP) is 5.50. The highest BCUT2D eigenvalue weighted by atomic mass is 31.0. The number of nitrogens with one attached hydrogen (secondary N) is 2. The number of nitrogens with zero attached hydrogens (tertiary/aromatic N) is 4. The van der Waals surface area contributed by atoms with E-state index in [2.05, 4.69) is 93.6 Å². The molecule has 192 valence electrons. The fourth-order valence-electron chi connectivity index (χ4n) is 5.74. The van der Waals surface area contributed by atoms with E-state index in [1.165, 1.54) is 27.8 Å². The Hall–Kier alpha value is -2.56. The van der Waals surface area contributed by atoms with Gasteiger partial charge in [0.05, 0.1) is 11.2 Å². The van der Waals surface area contributed by atoms with Crippen LogP contribution < -0.4 is 10.6 Å². The van der Waals surface area contributed by atoms with Gasteiger partial charge in [0.1, 0.15) is 0 Å². The minimum atomic E-state index is 0.473. The van der Waals surface area contributed by atoms with E-state index >= 15 is 0 Å². The predicted molar refractivity (Wildman–Crippen MR) is 156 cm³/mol. The molecule has 0 amide bonds. The zero-order chi connectivity index (χ0) is 25.2. The van der Waals surface area contributed by atoms with Gasteiger partial charge in [-0.15, -0.1) is 0 Å². The average molecular weight is 505 g/mol. The summed E-state index contributed by atoms with van der Waals surface area (Å²) in [5.74, 6) is 1.49. The van der Waals surface area contributed by atoms with Crippen molar-refractivity contribution >= 4 is 31.8 Å². The molecule has 0 bridgehead atoms. The zero-order valence-corrected chi connectivity index (χ0v) is 23.2. The molecule has 1 fully saturated rings. The lowest BCUT2D eigenvalue weighted by atomic mass is 9.97. The van der Waals surface area contributed by atoms with E-state index in [4.69, 9.17) is 5.10 Å². The van der Waals surface area contributed by atoms with Gasteiger partial charge in [0.15, 0.2) is 5.82 Å². The maximum absolute atomic E-state index is 4.83. The Balaban J connectivity index is 1.20. The normalized spacial score (nSPS) is 17.7. The number of piperidine rings is 1. The van der Waals surface area contributed by atoms with Crippen molar-refractivity contribution in [2.45, 2.75) is 52.6 Å². The summed E-state index contributed by atoms with van der Waals surface area (Å²) in [4.78, 5) is 4.98. The lowest BCUT2D eigenvalue weighted by molar-refractivity contribution is 0.224. The molecule has 2 N–H and O–H groups in total. The Morgan fingerprint density at radius 1 is 1.17 bits per heavy atom. The highest BCUT2D eigenvalue weighted by Gasteiger charge is 2.22. The maximum Gasteiger partial charge on any atom is 0.156 e. The van der Waals surface area contributed by atoms with E-state index in [-0.39, 0.29) is 0 Å². The molecule has 3 heterocycles. The van der Waals surface area contributed by atoms with Crippen molar-refractivity contribution in [1.82, 2.24) is 19.4 Å². The number of hydrogen-bond acceptors (Lipinski definition) is 5. The summed E-state index contributed by atoms with van der Waals surface area (Å²) < 4.78 is 1.94. The van der Waals surface area contributed by atoms with E-state index in [0.29, 0.717) is 12.0 Å². The molecule has 0 aliphatic carbocycles. The molecule has 6 nitrogen and oxygen atoms in total. The van der Waals surface area contributed by atoms with Crippen LogP contribution in [0.15, 0.2) is 48.7 Å². The average Bonchev–Trinajstić information content (AvgIpc) is 3.19. The van der Waals surface area contributed by atoms with Crippen LogP contribution in [0.3, 0.4) is 0 Å². The van der Waals surface area contributed by atoms with Crippen molar-refractivity contribution < 1.29 is 0 Å². The number of allylic oxidation sites excluding steroid dienone is 1. The van der Waals surface area contributed by atoms with Gasteiger partial charge in [-0.05, 0) is 71.7 Å². The highest BCUT2D eigenvalue weighted by Crippen LogP contribution is 2.32. The first-order chi connectivity index (χ1) is 17.4. The standard InChI is InChI=1S/C29H41N6P/c1-20(2)34-14-11-25(12-15-34)31-27-7-5-6-26-28(27)35(36)32-29(26)30-17-22(4)18-33-13-10-23-9-8-21(3)16-24(23)19-33/h5-9,16,22,25,31H,1,10-15,17-19,36H2,2-4H3,(H,30,32). The lowest BCUT2D eigenvalue weighted by Gasteiger charge is -2.34. The third-order valence-corrected chi connectivity index (χ3v) is 8.14. The van der Waals surface area contributed by atoms with Gasteiger partial charge >= 0.3 is 0 Å². The molecule has 5 rings (SSSR count). The maximum atomic E-state index is 4.83. The second-order valence-corrected chi connectivity index (χ2v) is 11.4. The van der Waals surface area contributed by atoms with Crippen LogP contribution >= 0.6 is 9.39 Å². The number of rotatable bonds is 8. The molecule has 1 aromatic heterocycles. The first-order valence-electron chi connectivity index (χ1n) is 13.4. The van der Waals surface area contributed by atoms with Crippen molar-refractivity contribution in [2.24, 2.45) is 5.92 Å². The number of aromatic nitrogens is 2. The highest BCUT2D eigenvalue weighted by molar-refractivity contribution is 7.14. The molecule has 7 heteroatoms. The summed E-state index contributed by atoms with van der Waals surface area (Å²) in [6, 6.07) is 13.9. The molecule has 1 saturated heterocycles. The number of fused-ring (bicyclic) bond motifs is 2. The van der Waals surface area contributed by atoms with Crippen LogP contribution in [0.4, 0.5) is 11.5 Å². The number of likely N-dealkylation sites (tertiary alicyclic amines) is 1. The van der Waals surface area contributed by atoms with Crippen LogP contribution in [0, 0.1) is 12.8 Å². The van der Waals surface area contributed by atoms with Crippen LogP contribution in [-0.4, -0.2) is 58.1 Å². The van der Waals surface area contributed by atoms with Gasteiger partial charge in [0.2, 0.25) is 0 Å². The first-order valence-corrected chi connectivity index (χ1v) is 13.9. The first kappa shape index (κ1) is 25.1. The van der Waals surface area contributed by atoms with E-state index in [0.717, 1.165) is 75.6 Å². The number of aryl methyl sites for hydroxylation is 1. The molecule has 0 saturated carbocycles. The van der Waals surface area contributed by atoms with Gasteiger partial charge in [-0.1, -0.05) is 43.3 Å². The van der Waals surface area contributed by atoms with Crippen LogP contribution in [-0.2, 0) is 13.0 Å². The van der Waals surface area contributed by atoms with Crippen LogP contribution in [0.2, 0.25) is 0 Å². The monoisotopic (exact) mass is 504 g/mol. The van der Waals surface area contributed by atoms with E-state index in [1.54, 1.807) is 0 Å². The molecular weight excluding hydrogens is 463 g/mol. The van der Waals surface area contributed by atoms with Crippen molar-refractivity contribution in [3.63, 3.8) is 0 Å². The third kappa shape index (κ3) is 5.55. The Labute approximate surface area is 218 Å². The number of anilines is 2. The third-order valence-electron chi connectivity index (χ3n) is 7.76. The molecule has 0 spiro atoms. The number of para-hydroxylation sites is 1. The molecule has 2 aliphatic rings. The topological polar surface area (TPSA) is 48.4 Å². The van der Waals surface area contributed by atoms with Gasteiger partial charge in [-0.25, -0.2) is 4.45 Å². The van der Waals surface area contributed by atoms with E-state index in [9.17, 15) is 0 Å². The summed E-state index contributed by atoms with van der Waals surface area (Å²) in [5.41, 5.74) is 7.85. The van der Waals surface area contributed by atoms with Crippen molar-refractivity contribution in [1.29, 1.82) is 0 Å². The van der Waals surface area contributed by atoms with E-state index < -0.39 is 0 Å². The zero-order valence-electron chi connectivity index (χ0n) is 22.1. The van der Waals surface area contributed by atoms with Crippen molar-refractivity contribution in [3.8, 4) is 0 Å². The van der Waals surface area contributed by atoms with Gasteiger partial charge in [-0.2, -0.15) is 5.10 Å². The molecule has 2 aliphatic heterocycles. The minimum Gasteiger partial charge on any atom is -0.380 e. The van der Waals surface area contributed by atoms with Crippen molar-refractivity contribution in [2.75, 3.05) is 43.4 Å². The van der Waals surface area contributed by atoms with Gasteiger partial charge in [0, 0.05) is 56.4 Å². The van der Waals surface area contributed by atoms with E-state index in [1.807, 2.05) is 4.45 Å². The summed E-state index contributed by atoms with van der Waals surface area (Å²) in [7, 11) is 2.77. The Bertz CT molecular complexity index is 1230. The molecule has 2 aromatic carbocycles. The molecule has 3 aromatic rings. The molecular formula is C29H41N6P. The molecule has 2 atom stereocenters. The molecule has 36 heavy (non-hydrogen) atoms. The number of benzene rings is 2. The summed E-state index contributed by atoms with van der Waals surface area (Å²) in [6.45, 7) is 17.1. The minimum absolute atomic E-state index is 0.473. The van der Waals surface area contributed by atoms with Crippen molar-refractivity contribution in [3.05, 3.63) is 65.4 Å². The van der Waals surface area contributed by atoms with Crippen LogP contribution in [0.25, 0.3) is 10.9 Å².